The average Bonchev–Trinajstić information content (AvgIpc) is 3.16. The third-order valence-electron chi connectivity index (χ3n) is 3.93. The second kappa shape index (κ2) is 7.62. The molecule has 122 valence electrons. The molecule has 0 radical (unpaired) electrons. The van der Waals surface area contributed by atoms with Gasteiger partial charge in [-0.3, -0.25) is 4.79 Å². The number of hydrogen-bond donors (Lipinski definition) is 2. The molecular formula is C20H21N2O2+. The molecule has 0 spiro atoms. The van der Waals surface area contributed by atoms with Gasteiger partial charge < -0.3 is 15.1 Å². The number of nitrogens with two attached hydrogens (primary N) is 1. The molecule has 0 aliphatic rings. The van der Waals surface area contributed by atoms with Gasteiger partial charge in [0.15, 0.2) is 12.3 Å². The maximum atomic E-state index is 12.3. The molecule has 1 amide bonds. The Morgan fingerprint density at radius 1 is 1.04 bits per heavy atom. The van der Waals surface area contributed by atoms with Crippen LogP contribution >= 0.6 is 0 Å². The van der Waals surface area contributed by atoms with Crippen molar-refractivity contribution in [2.24, 2.45) is 0 Å². The summed E-state index contributed by atoms with van der Waals surface area (Å²) >= 11 is 0. The highest BCUT2D eigenvalue weighted by Gasteiger charge is 2.14. The highest BCUT2D eigenvalue weighted by Crippen LogP contribution is 2.27. The van der Waals surface area contributed by atoms with Crippen LogP contribution < -0.4 is 10.6 Å². The Balaban J connectivity index is 1.65. The minimum absolute atomic E-state index is 0.0308. The SMILES string of the molecule is C[C@@H]([NH2+]CC(=O)Nc1ccccc1-c1ccccc1)c1ccco1. The van der Waals surface area contributed by atoms with Crippen molar-refractivity contribution in [1.29, 1.82) is 0 Å². The van der Waals surface area contributed by atoms with Gasteiger partial charge in [-0.1, -0.05) is 48.5 Å². The van der Waals surface area contributed by atoms with E-state index in [1.54, 1.807) is 6.26 Å². The molecule has 0 fully saturated rings. The van der Waals surface area contributed by atoms with E-state index in [2.05, 4.69) is 5.32 Å². The summed E-state index contributed by atoms with van der Waals surface area (Å²) in [5.41, 5.74) is 2.93. The summed E-state index contributed by atoms with van der Waals surface area (Å²) < 4.78 is 5.36. The maximum absolute atomic E-state index is 12.3. The van der Waals surface area contributed by atoms with Crippen LogP contribution in [0.15, 0.2) is 77.4 Å². The van der Waals surface area contributed by atoms with Gasteiger partial charge in [-0.25, -0.2) is 0 Å². The molecule has 1 aromatic heterocycles. The molecule has 1 atom stereocenters. The monoisotopic (exact) mass is 321 g/mol. The second-order valence-electron chi connectivity index (χ2n) is 5.70. The average molecular weight is 321 g/mol. The van der Waals surface area contributed by atoms with E-state index in [9.17, 15) is 4.79 Å². The molecule has 0 aliphatic carbocycles. The summed E-state index contributed by atoms with van der Waals surface area (Å²) in [4.78, 5) is 12.3. The Morgan fingerprint density at radius 3 is 2.54 bits per heavy atom. The molecule has 4 nitrogen and oxygen atoms in total. The summed E-state index contributed by atoms with van der Waals surface area (Å²) in [6, 6.07) is 21.8. The van der Waals surface area contributed by atoms with Crippen molar-refractivity contribution in [2.75, 3.05) is 11.9 Å². The van der Waals surface area contributed by atoms with E-state index in [0.29, 0.717) is 6.54 Å². The zero-order valence-corrected chi connectivity index (χ0v) is 13.6. The molecule has 0 saturated heterocycles. The third kappa shape index (κ3) is 3.91. The van der Waals surface area contributed by atoms with E-state index in [1.807, 2.05) is 79.0 Å². The first kappa shape index (κ1) is 16.0. The Kier molecular flexibility index (Phi) is 5.08. The number of quaternary nitrogens is 1. The van der Waals surface area contributed by atoms with Crippen LogP contribution in [0, 0.1) is 0 Å². The molecule has 3 aromatic rings. The molecular weight excluding hydrogens is 300 g/mol. The molecule has 24 heavy (non-hydrogen) atoms. The number of para-hydroxylation sites is 1. The molecule has 0 unspecified atom stereocenters. The van der Waals surface area contributed by atoms with E-state index >= 15 is 0 Å². The van der Waals surface area contributed by atoms with Gasteiger partial charge in [0.25, 0.3) is 5.91 Å². The predicted octanol–water partition coefficient (Wildman–Crippen LogP) is 3.21. The predicted molar refractivity (Wildman–Crippen MR) is 94.4 cm³/mol. The van der Waals surface area contributed by atoms with Crippen molar-refractivity contribution in [2.45, 2.75) is 13.0 Å². The van der Waals surface area contributed by atoms with Gasteiger partial charge in [0.05, 0.1) is 6.26 Å². The molecule has 0 bridgehead atoms. The zero-order valence-electron chi connectivity index (χ0n) is 13.6. The standard InChI is InChI=1S/C20H20N2O2/c1-15(19-12-7-13-24-19)21-14-20(23)22-18-11-6-5-10-17(18)16-8-3-2-4-9-16/h2-13,15,21H,14H2,1H3,(H,22,23)/p+1/t15-/m1/s1. The highest BCUT2D eigenvalue weighted by molar-refractivity contribution is 5.95. The van der Waals surface area contributed by atoms with Gasteiger partial charge in [-0.15, -0.1) is 0 Å². The van der Waals surface area contributed by atoms with Crippen molar-refractivity contribution in [3.63, 3.8) is 0 Å². The van der Waals surface area contributed by atoms with Crippen LogP contribution in [0.2, 0.25) is 0 Å². The molecule has 0 saturated carbocycles. The van der Waals surface area contributed by atoms with Crippen molar-refractivity contribution >= 4 is 11.6 Å². The number of anilines is 1. The van der Waals surface area contributed by atoms with E-state index in [-0.39, 0.29) is 11.9 Å². The second-order valence-corrected chi connectivity index (χ2v) is 5.70. The summed E-state index contributed by atoms with van der Waals surface area (Å²) in [7, 11) is 0. The van der Waals surface area contributed by atoms with Gasteiger partial charge >= 0.3 is 0 Å². The topological polar surface area (TPSA) is 58.9 Å². The number of rotatable bonds is 6. The Hall–Kier alpha value is -2.85. The lowest BCUT2D eigenvalue weighted by molar-refractivity contribution is -0.684. The minimum atomic E-state index is -0.0308. The van der Waals surface area contributed by atoms with E-state index in [0.717, 1.165) is 22.6 Å². The van der Waals surface area contributed by atoms with Gasteiger partial charge in [0.1, 0.15) is 6.04 Å². The fourth-order valence-electron chi connectivity index (χ4n) is 2.61. The number of hydrogen-bond acceptors (Lipinski definition) is 2. The zero-order chi connectivity index (χ0) is 16.8. The molecule has 3 N–H and O–H groups in total. The molecule has 2 aromatic carbocycles. The summed E-state index contributed by atoms with van der Waals surface area (Å²) in [5, 5.41) is 4.97. The maximum Gasteiger partial charge on any atom is 0.279 e. The van der Waals surface area contributed by atoms with Gasteiger partial charge in [0.2, 0.25) is 0 Å². The van der Waals surface area contributed by atoms with Crippen LogP contribution in [0.3, 0.4) is 0 Å². The third-order valence-corrected chi connectivity index (χ3v) is 3.93. The first-order valence-corrected chi connectivity index (χ1v) is 8.05. The van der Waals surface area contributed by atoms with Gasteiger partial charge in [0, 0.05) is 11.3 Å². The van der Waals surface area contributed by atoms with Crippen molar-refractivity contribution in [1.82, 2.24) is 0 Å². The fourth-order valence-corrected chi connectivity index (χ4v) is 2.61. The van der Waals surface area contributed by atoms with E-state index in [4.69, 9.17) is 4.42 Å². The number of carbonyl (C=O) groups excluding carboxylic acids is 1. The molecule has 3 rings (SSSR count). The van der Waals surface area contributed by atoms with Crippen molar-refractivity contribution in [3.8, 4) is 11.1 Å². The van der Waals surface area contributed by atoms with Crippen LogP contribution in [0.1, 0.15) is 18.7 Å². The lowest BCUT2D eigenvalue weighted by atomic mass is 10.0. The lowest BCUT2D eigenvalue weighted by Crippen LogP contribution is -2.86. The number of furan rings is 1. The molecule has 1 heterocycles. The lowest BCUT2D eigenvalue weighted by Gasteiger charge is -2.12. The number of nitrogens with one attached hydrogen (secondary N) is 1. The smallest absolute Gasteiger partial charge is 0.279 e. The summed E-state index contributed by atoms with van der Waals surface area (Å²) in [6.07, 6.45) is 1.65. The van der Waals surface area contributed by atoms with Crippen molar-refractivity contribution < 1.29 is 14.5 Å². The Bertz CT molecular complexity index is 782. The summed E-state index contributed by atoms with van der Waals surface area (Å²) in [6.45, 7) is 2.36. The largest absolute Gasteiger partial charge is 0.463 e. The van der Waals surface area contributed by atoms with Crippen molar-refractivity contribution in [3.05, 3.63) is 78.8 Å². The van der Waals surface area contributed by atoms with Gasteiger partial charge in [-0.05, 0) is 30.7 Å². The summed E-state index contributed by atoms with van der Waals surface area (Å²) in [5.74, 6) is 0.837. The quantitative estimate of drug-likeness (QED) is 0.732. The number of carbonyl (C=O) groups is 1. The number of benzene rings is 2. The first-order valence-electron chi connectivity index (χ1n) is 8.05. The van der Waals surface area contributed by atoms with Crippen LogP contribution in [-0.4, -0.2) is 12.5 Å². The van der Waals surface area contributed by atoms with Gasteiger partial charge in [-0.2, -0.15) is 0 Å². The Labute approximate surface area is 141 Å². The number of amides is 1. The van der Waals surface area contributed by atoms with Crippen LogP contribution in [-0.2, 0) is 4.79 Å². The molecule has 4 heteroatoms. The van der Waals surface area contributed by atoms with E-state index < -0.39 is 0 Å². The first-order chi connectivity index (χ1) is 11.7. The fraction of sp³-hybridized carbons (Fsp3) is 0.150. The van der Waals surface area contributed by atoms with Crippen LogP contribution in [0.4, 0.5) is 5.69 Å². The highest BCUT2D eigenvalue weighted by atomic mass is 16.3. The van der Waals surface area contributed by atoms with Crippen LogP contribution in [0.5, 0.6) is 0 Å². The van der Waals surface area contributed by atoms with Crippen LogP contribution in [0.25, 0.3) is 11.1 Å². The minimum Gasteiger partial charge on any atom is -0.463 e. The molecule has 0 aliphatic heterocycles. The normalized spacial score (nSPS) is 11.9. The van der Waals surface area contributed by atoms with E-state index in [1.165, 1.54) is 0 Å². The Morgan fingerprint density at radius 2 is 1.79 bits per heavy atom.